The topological polar surface area (TPSA) is 71.2 Å². The summed E-state index contributed by atoms with van der Waals surface area (Å²) in [6.45, 7) is 7.62. The van der Waals surface area contributed by atoms with Gasteiger partial charge in [0.1, 0.15) is 10.7 Å². The molecule has 5 nitrogen and oxygen atoms in total. The van der Waals surface area contributed by atoms with Gasteiger partial charge >= 0.3 is 0 Å². The van der Waals surface area contributed by atoms with Gasteiger partial charge in [0, 0.05) is 19.1 Å². The Hall–Kier alpha value is -1.56. The van der Waals surface area contributed by atoms with E-state index in [-0.39, 0.29) is 11.9 Å². The third-order valence-corrected chi connectivity index (χ3v) is 4.50. The first-order valence-corrected chi connectivity index (χ1v) is 7.86. The fourth-order valence-electron chi connectivity index (χ4n) is 2.30. The number of nitrogens with one attached hydrogen (secondary N) is 1. The second kappa shape index (κ2) is 6.74. The van der Waals surface area contributed by atoms with Gasteiger partial charge in [-0.25, -0.2) is 4.98 Å². The molecular formula is C14H22N4OS. The lowest BCUT2D eigenvalue weighted by molar-refractivity contribution is 0.0945. The van der Waals surface area contributed by atoms with Crippen molar-refractivity contribution in [2.75, 3.05) is 23.7 Å². The molecule has 0 saturated carbocycles. The third kappa shape index (κ3) is 3.50. The van der Waals surface area contributed by atoms with Crippen molar-refractivity contribution >= 4 is 28.2 Å². The molecule has 1 fully saturated rings. The van der Waals surface area contributed by atoms with Crippen molar-refractivity contribution in [3.8, 4) is 0 Å². The summed E-state index contributed by atoms with van der Waals surface area (Å²) in [5, 5.41) is 3.78. The number of anilines is 2. The summed E-state index contributed by atoms with van der Waals surface area (Å²) >= 11 is 1.39. The molecular weight excluding hydrogens is 272 g/mol. The molecule has 1 aromatic heterocycles. The summed E-state index contributed by atoms with van der Waals surface area (Å²) in [5.41, 5.74) is 5.89. The van der Waals surface area contributed by atoms with Crippen LogP contribution in [0.2, 0.25) is 0 Å². The van der Waals surface area contributed by atoms with Crippen LogP contribution in [0.1, 0.15) is 42.3 Å². The highest BCUT2D eigenvalue weighted by atomic mass is 32.1. The van der Waals surface area contributed by atoms with Crippen LogP contribution in [0.25, 0.3) is 0 Å². The lowest BCUT2D eigenvalue weighted by Crippen LogP contribution is -2.32. The van der Waals surface area contributed by atoms with Crippen LogP contribution in [-0.4, -0.2) is 30.0 Å². The average molecular weight is 294 g/mol. The van der Waals surface area contributed by atoms with Gasteiger partial charge in [-0.15, -0.1) is 6.58 Å². The number of nitrogen functional groups attached to an aromatic ring is 1. The Bertz CT molecular complexity index is 480. The maximum atomic E-state index is 12.2. The molecule has 1 atom stereocenters. The number of carbonyl (C=O) groups excluding carboxylic acids is 1. The number of nitrogens with two attached hydrogens (primary N) is 1. The SMILES string of the molecule is C=CCC(C)NC(=O)c1sc(N2CCCCC2)nc1N. The van der Waals surface area contributed by atoms with E-state index in [0.717, 1.165) is 24.6 Å². The number of rotatable bonds is 5. The van der Waals surface area contributed by atoms with E-state index in [1.807, 2.05) is 6.92 Å². The smallest absolute Gasteiger partial charge is 0.265 e. The molecule has 0 aromatic carbocycles. The average Bonchev–Trinajstić information content (AvgIpc) is 2.82. The van der Waals surface area contributed by atoms with Crippen LogP contribution in [0.4, 0.5) is 10.9 Å². The summed E-state index contributed by atoms with van der Waals surface area (Å²) in [5.74, 6) is 0.191. The Morgan fingerprint density at radius 3 is 2.90 bits per heavy atom. The highest BCUT2D eigenvalue weighted by molar-refractivity contribution is 7.18. The molecule has 2 rings (SSSR count). The van der Waals surface area contributed by atoms with Crippen LogP contribution in [0.15, 0.2) is 12.7 Å². The molecule has 0 spiro atoms. The molecule has 1 aliphatic heterocycles. The summed E-state index contributed by atoms with van der Waals surface area (Å²) < 4.78 is 0. The Morgan fingerprint density at radius 1 is 1.55 bits per heavy atom. The molecule has 20 heavy (non-hydrogen) atoms. The van der Waals surface area contributed by atoms with Gasteiger partial charge in [-0.3, -0.25) is 4.79 Å². The van der Waals surface area contributed by atoms with Gasteiger partial charge < -0.3 is 16.0 Å². The molecule has 6 heteroatoms. The summed E-state index contributed by atoms with van der Waals surface area (Å²) in [6.07, 6.45) is 6.15. The number of amides is 1. The highest BCUT2D eigenvalue weighted by Gasteiger charge is 2.21. The summed E-state index contributed by atoms with van der Waals surface area (Å²) in [6, 6.07) is 0.0555. The fourth-order valence-corrected chi connectivity index (χ4v) is 3.24. The molecule has 1 unspecified atom stereocenters. The second-order valence-electron chi connectivity index (χ2n) is 5.16. The molecule has 0 bridgehead atoms. The largest absolute Gasteiger partial charge is 0.382 e. The lowest BCUT2D eigenvalue weighted by atomic mass is 10.1. The van der Waals surface area contributed by atoms with E-state index in [1.54, 1.807) is 6.08 Å². The van der Waals surface area contributed by atoms with Crippen molar-refractivity contribution in [1.29, 1.82) is 0 Å². The van der Waals surface area contributed by atoms with Crippen LogP contribution in [0.3, 0.4) is 0 Å². The van der Waals surface area contributed by atoms with Crippen molar-refractivity contribution in [2.24, 2.45) is 0 Å². The van der Waals surface area contributed by atoms with Crippen molar-refractivity contribution < 1.29 is 4.79 Å². The predicted octanol–water partition coefficient (Wildman–Crippen LogP) is 2.41. The van der Waals surface area contributed by atoms with Gasteiger partial charge in [-0.05, 0) is 32.6 Å². The Balaban J connectivity index is 2.06. The van der Waals surface area contributed by atoms with Gasteiger partial charge in [-0.2, -0.15) is 0 Å². The van der Waals surface area contributed by atoms with Crippen molar-refractivity contribution in [1.82, 2.24) is 10.3 Å². The number of aromatic nitrogens is 1. The van der Waals surface area contributed by atoms with Gasteiger partial charge in [0.05, 0.1) is 0 Å². The summed E-state index contributed by atoms with van der Waals surface area (Å²) in [7, 11) is 0. The zero-order chi connectivity index (χ0) is 14.5. The fraction of sp³-hybridized carbons (Fsp3) is 0.571. The minimum absolute atomic E-state index is 0.0555. The molecule has 110 valence electrons. The molecule has 1 aromatic rings. The Kier molecular flexibility index (Phi) is 5.00. The molecule has 1 amide bonds. The maximum absolute atomic E-state index is 12.2. The van der Waals surface area contributed by atoms with E-state index in [9.17, 15) is 4.79 Å². The van der Waals surface area contributed by atoms with E-state index < -0.39 is 0 Å². The first-order chi connectivity index (χ1) is 9.61. The lowest BCUT2D eigenvalue weighted by Gasteiger charge is -2.25. The first-order valence-electron chi connectivity index (χ1n) is 7.05. The van der Waals surface area contributed by atoms with Gasteiger partial charge in [0.25, 0.3) is 5.91 Å². The first kappa shape index (κ1) is 14.8. The number of piperidine rings is 1. The van der Waals surface area contributed by atoms with Crippen LogP contribution in [-0.2, 0) is 0 Å². The molecule has 1 aliphatic rings. The maximum Gasteiger partial charge on any atom is 0.265 e. The second-order valence-corrected chi connectivity index (χ2v) is 6.13. The van der Waals surface area contributed by atoms with Crippen molar-refractivity contribution in [3.05, 3.63) is 17.5 Å². The number of carbonyl (C=O) groups is 1. The normalized spacial score (nSPS) is 16.8. The van der Waals surface area contributed by atoms with Crippen LogP contribution in [0, 0.1) is 0 Å². The predicted molar refractivity (Wildman–Crippen MR) is 84.3 cm³/mol. The molecule has 0 aliphatic carbocycles. The molecule has 2 heterocycles. The zero-order valence-corrected chi connectivity index (χ0v) is 12.7. The summed E-state index contributed by atoms with van der Waals surface area (Å²) in [4.78, 5) is 19.3. The number of hydrogen-bond acceptors (Lipinski definition) is 5. The van der Waals surface area contributed by atoms with E-state index in [4.69, 9.17) is 5.73 Å². The number of nitrogens with zero attached hydrogens (tertiary/aromatic N) is 2. The molecule has 1 saturated heterocycles. The van der Waals surface area contributed by atoms with E-state index in [2.05, 4.69) is 21.8 Å². The van der Waals surface area contributed by atoms with E-state index >= 15 is 0 Å². The number of thiazole rings is 1. The van der Waals surface area contributed by atoms with Gasteiger partial charge in [0.2, 0.25) is 0 Å². The van der Waals surface area contributed by atoms with Gasteiger partial charge in [0.15, 0.2) is 5.13 Å². The van der Waals surface area contributed by atoms with Crippen LogP contribution < -0.4 is 16.0 Å². The van der Waals surface area contributed by atoms with E-state index in [1.165, 1.54) is 30.6 Å². The van der Waals surface area contributed by atoms with Gasteiger partial charge in [-0.1, -0.05) is 17.4 Å². The Labute approximate surface area is 123 Å². The standard InChI is InChI=1S/C14H22N4OS/c1-3-7-10(2)16-13(19)11-12(15)17-14(20-11)18-8-5-4-6-9-18/h3,10H,1,4-9,15H2,2H3,(H,16,19). The van der Waals surface area contributed by atoms with Crippen LogP contribution >= 0.6 is 11.3 Å². The quantitative estimate of drug-likeness (QED) is 0.818. The minimum Gasteiger partial charge on any atom is -0.382 e. The van der Waals surface area contributed by atoms with Crippen LogP contribution in [0.5, 0.6) is 0 Å². The minimum atomic E-state index is -0.141. The third-order valence-electron chi connectivity index (χ3n) is 3.37. The monoisotopic (exact) mass is 294 g/mol. The number of hydrogen-bond donors (Lipinski definition) is 2. The Morgan fingerprint density at radius 2 is 2.25 bits per heavy atom. The van der Waals surface area contributed by atoms with Crippen molar-refractivity contribution in [2.45, 2.75) is 38.6 Å². The van der Waals surface area contributed by atoms with E-state index in [0.29, 0.717) is 10.7 Å². The molecule has 3 N–H and O–H groups in total. The highest BCUT2D eigenvalue weighted by Crippen LogP contribution is 2.30. The molecule has 0 radical (unpaired) electrons. The zero-order valence-electron chi connectivity index (χ0n) is 11.9. The van der Waals surface area contributed by atoms with Crippen molar-refractivity contribution in [3.63, 3.8) is 0 Å².